The number of fused-ring (bicyclic) bond motifs is 1. The number of benzene rings is 1. The fraction of sp³-hybridized carbons (Fsp3) is 0.417. The lowest BCUT2D eigenvalue weighted by Gasteiger charge is -2.04. The van der Waals surface area contributed by atoms with Crippen LogP contribution in [0, 0.1) is 5.92 Å². The maximum absolute atomic E-state index is 4.34. The van der Waals surface area contributed by atoms with Gasteiger partial charge in [0, 0.05) is 0 Å². The average molecular weight is 188 g/mol. The number of H-pyrrole nitrogens is 1. The van der Waals surface area contributed by atoms with Crippen molar-refractivity contribution in [1.82, 2.24) is 9.97 Å². The third-order valence-electron chi connectivity index (χ3n) is 2.52. The predicted octanol–water partition coefficient (Wildman–Crippen LogP) is 3.15. The fourth-order valence-corrected chi connectivity index (χ4v) is 1.67. The Kier molecular flexibility index (Phi) is 2.53. The van der Waals surface area contributed by atoms with E-state index in [9.17, 15) is 0 Å². The molecule has 2 aromatic rings. The van der Waals surface area contributed by atoms with Gasteiger partial charge in [0.25, 0.3) is 0 Å². The van der Waals surface area contributed by atoms with Gasteiger partial charge in [0.05, 0.1) is 17.4 Å². The van der Waals surface area contributed by atoms with Crippen molar-refractivity contribution in [3.05, 3.63) is 30.1 Å². The number of para-hydroxylation sites is 1. The molecule has 74 valence electrons. The van der Waals surface area contributed by atoms with E-state index in [1.807, 2.05) is 0 Å². The summed E-state index contributed by atoms with van der Waals surface area (Å²) in [6.07, 6.45) is 4.12. The molecule has 0 unspecified atom stereocenters. The van der Waals surface area contributed by atoms with E-state index in [2.05, 4.69) is 42.0 Å². The van der Waals surface area contributed by atoms with Crippen molar-refractivity contribution in [2.45, 2.75) is 26.7 Å². The molecule has 0 saturated heterocycles. The molecule has 1 aromatic heterocycles. The van der Waals surface area contributed by atoms with E-state index in [-0.39, 0.29) is 0 Å². The number of rotatable bonds is 3. The molecule has 0 atom stereocenters. The molecular weight excluding hydrogens is 172 g/mol. The molecule has 0 fully saturated rings. The number of nitrogens with zero attached hydrogens (tertiary/aromatic N) is 1. The molecule has 1 heterocycles. The minimum Gasteiger partial charge on any atom is -0.345 e. The first kappa shape index (κ1) is 9.25. The van der Waals surface area contributed by atoms with Gasteiger partial charge in [-0.05, 0) is 30.4 Å². The van der Waals surface area contributed by atoms with E-state index in [1.54, 1.807) is 6.33 Å². The van der Waals surface area contributed by atoms with Crippen LogP contribution in [0.25, 0.3) is 11.0 Å². The van der Waals surface area contributed by atoms with Gasteiger partial charge >= 0.3 is 0 Å². The van der Waals surface area contributed by atoms with Gasteiger partial charge in [0.15, 0.2) is 0 Å². The number of hydrogen-bond donors (Lipinski definition) is 1. The first-order valence-corrected chi connectivity index (χ1v) is 5.18. The van der Waals surface area contributed by atoms with Gasteiger partial charge in [-0.1, -0.05) is 26.0 Å². The van der Waals surface area contributed by atoms with Crippen LogP contribution >= 0.6 is 0 Å². The van der Waals surface area contributed by atoms with Crippen LogP contribution in [0.5, 0.6) is 0 Å². The highest BCUT2D eigenvalue weighted by molar-refractivity contribution is 5.78. The van der Waals surface area contributed by atoms with E-state index in [4.69, 9.17) is 0 Å². The zero-order valence-corrected chi connectivity index (χ0v) is 8.75. The lowest BCUT2D eigenvalue weighted by Crippen LogP contribution is -1.92. The van der Waals surface area contributed by atoms with Crippen LogP contribution < -0.4 is 0 Å². The molecule has 0 aliphatic heterocycles. The van der Waals surface area contributed by atoms with Crippen LogP contribution in [0.1, 0.15) is 25.8 Å². The number of aromatic amines is 1. The highest BCUT2D eigenvalue weighted by Crippen LogP contribution is 2.17. The number of aromatic nitrogens is 2. The molecule has 0 bridgehead atoms. The topological polar surface area (TPSA) is 28.7 Å². The molecule has 2 heteroatoms. The summed E-state index contributed by atoms with van der Waals surface area (Å²) < 4.78 is 0. The molecule has 2 rings (SSSR count). The second-order valence-electron chi connectivity index (χ2n) is 4.15. The summed E-state index contributed by atoms with van der Waals surface area (Å²) in [4.78, 5) is 7.48. The van der Waals surface area contributed by atoms with Crippen LogP contribution in [-0.4, -0.2) is 9.97 Å². The van der Waals surface area contributed by atoms with E-state index in [0.717, 1.165) is 23.4 Å². The van der Waals surface area contributed by atoms with Crippen molar-refractivity contribution in [2.24, 2.45) is 5.92 Å². The van der Waals surface area contributed by atoms with Crippen molar-refractivity contribution in [2.75, 3.05) is 0 Å². The molecule has 14 heavy (non-hydrogen) atoms. The van der Waals surface area contributed by atoms with Gasteiger partial charge in [0.2, 0.25) is 0 Å². The Labute approximate surface area is 84.4 Å². The minimum atomic E-state index is 0.754. The van der Waals surface area contributed by atoms with Gasteiger partial charge in [-0.3, -0.25) is 0 Å². The lowest BCUT2D eigenvalue weighted by atomic mass is 10.0. The van der Waals surface area contributed by atoms with Crippen LogP contribution in [0.15, 0.2) is 24.5 Å². The summed E-state index contributed by atoms with van der Waals surface area (Å²) >= 11 is 0. The lowest BCUT2D eigenvalue weighted by molar-refractivity contribution is 0.588. The Morgan fingerprint density at radius 2 is 2.21 bits per heavy atom. The minimum absolute atomic E-state index is 0.754. The van der Waals surface area contributed by atoms with Gasteiger partial charge in [0.1, 0.15) is 0 Å². The molecular formula is C12H16N2. The van der Waals surface area contributed by atoms with Crippen molar-refractivity contribution >= 4 is 11.0 Å². The molecule has 0 saturated carbocycles. The van der Waals surface area contributed by atoms with Gasteiger partial charge < -0.3 is 4.98 Å². The highest BCUT2D eigenvalue weighted by Gasteiger charge is 2.03. The van der Waals surface area contributed by atoms with Crippen molar-refractivity contribution in [1.29, 1.82) is 0 Å². The summed E-state index contributed by atoms with van der Waals surface area (Å²) in [7, 11) is 0. The second kappa shape index (κ2) is 3.82. The SMILES string of the molecule is CC(C)CCc1cccc2[nH]cnc12. The maximum Gasteiger partial charge on any atom is 0.0931 e. The largest absolute Gasteiger partial charge is 0.345 e. The number of imidazole rings is 1. The number of hydrogen-bond acceptors (Lipinski definition) is 1. The summed E-state index contributed by atoms with van der Waals surface area (Å²) in [5.74, 6) is 0.754. The quantitative estimate of drug-likeness (QED) is 0.787. The maximum atomic E-state index is 4.34. The Hall–Kier alpha value is -1.31. The van der Waals surface area contributed by atoms with Crippen molar-refractivity contribution in [3.63, 3.8) is 0 Å². The Morgan fingerprint density at radius 1 is 1.36 bits per heavy atom. The standard InChI is InChI=1S/C12H16N2/c1-9(2)6-7-10-4-3-5-11-12(10)14-8-13-11/h3-5,8-9H,6-7H2,1-2H3,(H,13,14). The molecule has 1 aromatic carbocycles. The van der Waals surface area contributed by atoms with Crippen LogP contribution in [0.2, 0.25) is 0 Å². The summed E-state index contributed by atoms with van der Waals surface area (Å²) in [6.45, 7) is 4.51. The molecule has 2 nitrogen and oxygen atoms in total. The third kappa shape index (κ3) is 1.79. The Bertz CT molecular complexity index is 415. The summed E-state index contributed by atoms with van der Waals surface area (Å²) in [5.41, 5.74) is 3.64. The summed E-state index contributed by atoms with van der Waals surface area (Å²) in [6, 6.07) is 6.34. The van der Waals surface area contributed by atoms with E-state index < -0.39 is 0 Å². The highest BCUT2D eigenvalue weighted by atomic mass is 14.9. The zero-order valence-electron chi connectivity index (χ0n) is 8.75. The van der Waals surface area contributed by atoms with Crippen LogP contribution in [-0.2, 0) is 6.42 Å². The molecule has 0 amide bonds. The molecule has 0 spiro atoms. The first-order valence-electron chi connectivity index (χ1n) is 5.18. The van der Waals surface area contributed by atoms with Crippen LogP contribution in [0.4, 0.5) is 0 Å². The van der Waals surface area contributed by atoms with Gasteiger partial charge in [-0.25, -0.2) is 4.98 Å². The number of nitrogens with one attached hydrogen (secondary N) is 1. The molecule has 0 radical (unpaired) electrons. The van der Waals surface area contributed by atoms with Crippen LogP contribution in [0.3, 0.4) is 0 Å². The first-order chi connectivity index (χ1) is 6.77. The average Bonchev–Trinajstić information content (AvgIpc) is 2.62. The monoisotopic (exact) mass is 188 g/mol. The molecule has 0 aliphatic rings. The van der Waals surface area contributed by atoms with Gasteiger partial charge in [-0.2, -0.15) is 0 Å². The summed E-state index contributed by atoms with van der Waals surface area (Å²) in [5, 5.41) is 0. The van der Waals surface area contributed by atoms with E-state index >= 15 is 0 Å². The second-order valence-corrected chi connectivity index (χ2v) is 4.15. The smallest absolute Gasteiger partial charge is 0.0931 e. The number of aryl methyl sites for hydroxylation is 1. The van der Waals surface area contributed by atoms with E-state index in [1.165, 1.54) is 12.0 Å². The Balaban J connectivity index is 2.27. The zero-order chi connectivity index (χ0) is 9.97. The van der Waals surface area contributed by atoms with Crippen molar-refractivity contribution < 1.29 is 0 Å². The third-order valence-corrected chi connectivity index (χ3v) is 2.52. The predicted molar refractivity (Wildman–Crippen MR) is 59.3 cm³/mol. The van der Waals surface area contributed by atoms with Gasteiger partial charge in [-0.15, -0.1) is 0 Å². The van der Waals surface area contributed by atoms with E-state index in [0.29, 0.717) is 0 Å². The normalized spacial score (nSPS) is 11.4. The van der Waals surface area contributed by atoms with Crippen molar-refractivity contribution in [3.8, 4) is 0 Å². The molecule has 1 N–H and O–H groups in total. The fourth-order valence-electron chi connectivity index (χ4n) is 1.67. The molecule has 0 aliphatic carbocycles. The Morgan fingerprint density at radius 3 is 3.00 bits per heavy atom.